The van der Waals surface area contributed by atoms with Crippen molar-refractivity contribution in [2.24, 2.45) is 0 Å². The number of hydrogen-bond donors (Lipinski definition) is 1. The molecule has 5 nitrogen and oxygen atoms in total. The number of fused-ring (bicyclic) bond motifs is 1. The fraction of sp³-hybridized carbons (Fsp3) is 0.333. The average Bonchev–Trinajstić information content (AvgIpc) is 3.02. The highest BCUT2D eigenvalue weighted by atomic mass is 16.5. The van der Waals surface area contributed by atoms with Crippen molar-refractivity contribution in [2.45, 2.75) is 32.0 Å². The predicted octanol–water partition coefficient (Wildman–Crippen LogP) is 3.25. The number of aryl methyl sites for hydroxylation is 1. The van der Waals surface area contributed by atoms with Crippen LogP contribution >= 0.6 is 0 Å². The molecule has 3 aromatic rings. The van der Waals surface area contributed by atoms with E-state index in [1.807, 2.05) is 43.3 Å². The smallest absolute Gasteiger partial charge is 0.119 e. The fourth-order valence-electron chi connectivity index (χ4n) is 3.72. The number of likely N-dealkylation sites (tertiary alicyclic amines) is 1. The summed E-state index contributed by atoms with van der Waals surface area (Å²) in [6, 6.07) is 16.2. The number of methoxy groups -OCH3 is 1. The molecule has 4 rings (SSSR count). The summed E-state index contributed by atoms with van der Waals surface area (Å²) in [7, 11) is 1.68. The van der Waals surface area contributed by atoms with E-state index in [9.17, 15) is 5.11 Å². The Kier molecular flexibility index (Phi) is 4.57. The molecule has 5 heteroatoms. The van der Waals surface area contributed by atoms with Gasteiger partial charge in [-0.2, -0.15) is 0 Å². The van der Waals surface area contributed by atoms with Gasteiger partial charge in [0.2, 0.25) is 0 Å². The summed E-state index contributed by atoms with van der Waals surface area (Å²) in [5.74, 6) is 0.838. The molecule has 0 unspecified atom stereocenters. The second kappa shape index (κ2) is 7.02. The lowest BCUT2D eigenvalue weighted by Gasteiger charge is -2.25. The van der Waals surface area contributed by atoms with Gasteiger partial charge in [0.05, 0.1) is 35.6 Å². The Hall–Kier alpha value is -2.50. The van der Waals surface area contributed by atoms with E-state index in [-0.39, 0.29) is 12.1 Å². The van der Waals surface area contributed by atoms with Crippen LogP contribution < -0.4 is 4.74 Å². The number of hydrogen-bond acceptors (Lipinski definition) is 5. The highest BCUT2D eigenvalue weighted by Crippen LogP contribution is 2.35. The minimum absolute atomic E-state index is 0.146. The molecule has 0 bridgehead atoms. The van der Waals surface area contributed by atoms with Crippen molar-refractivity contribution in [1.29, 1.82) is 0 Å². The molecule has 0 spiro atoms. The van der Waals surface area contributed by atoms with Gasteiger partial charge < -0.3 is 9.84 Å². The summed E-state index contributed by atoms with van der Waals surface area (Å²) in [6.07, 6.45) is 0.382. The third-order valence-corrected chi connectivity index (χ3v) is 5.06. The van der Waals surface area contributed by atoms with E-state index in [0.29, 0.717) is 19.5 Å². The number of aromatic nitrogens is 2. The van der Waals surface area contributed by atoms with Crippen LogP contribution in [0.4, 0.5) is 0 Å². The average molecular weight is 349 g/mol. The quantitative estimate of drug-likeness (QED) is 0.783. The first kappa shape index (κ1) is 16.9. The zero-order valence-corrected chi connectivity index (χ0v) is 15.1. The van der Waals surface area contributed by atoms with Crippen LogP contribution in [0, 0.1) is 6.92 Å². The number of para-hydroxylation sites is 2. The van der Waals surface area contributed by atoms with Crippen LogP contribution in [0.25, 0.3) is 11.0 Å². The third kappa shape index (κ3) is 3.28. The summed E-state index contributed by atoms with van der Waals surface area (Å²) in [5.41, 5.74) is 4.89. The van der Waals surface area contributed by atoms with Gasteiger partial charge in [0.15, 0.2) is 0 Å². The standard InChI is InChI=1S/C21H23N3O2/c1-14-20(23-19-9-4-3-8-18(19)22-14)13-24-12-16(25)11-21(24)15-6-5-7-17(10-15)26-2/h3-10,16,21,25H,11-13H2,1-2H3/t16-,21+/m1/s1. The molecule has 1 N–H and O–H groups in total. The van der Waals surface area contributed by atoms with Gasteiger partial charge in [-0.25, -0.2) is 9.97 Å². The zero-order valence-electron chi connectivity index (χ0n) is 15.1. The first-order valence-corrected chi connectivity index (χ1v) is 8.92. The highest BCUT2D eigenvalue weighted by Gasteiger charge is 2.32. The third-order valence-electron chi connectivity index (χ3n) is 5.06. The maximum absolute atomic E-state index is 10.3. The number of aliphatic hydroxyl groups is 1. The Morgan fingerprint density at radius 2 is 1.88 bits per heavy atom. The maximum Gasteiger partial charge on any atom is 0.119 e. The Balaban J connectivity index is 1.64. The first-order chi connectivity index (χ1) is 12.6. The molecular formula is C21H23N3O2. The lowest BCUT2D eigenvalue weighted by Crippen LogP contribution is -2.25. The van der Waals surface area contributed by atoms with E-state index in [4.69, 9.17) is 14.7 Å². The summed E-state index contributed by atoms with van der Waals surface area (Å²) < 4.78 is 5.36. The van der Waals surface area contributed by atoms with E-state index in [1.165, 1.54) is 0 Å². The van der Waals surface area contributed by atoms with Crippen LogP contribution in [0.15, 0.2) is 48.5 Å². The second-order valence-corrected chi connectivity index (χ2v) is 6.86. The van der Waals surface area contributed by atoms with Crippen molar-refractivity contribution in [3.05, 3.63) is 65.5 Å². The summed E-state index contributed by atoms with van der Waals surface area (Å²) in [6.45, 7) is 3.31. The van der Waals surface area contributed by atoms with Gasteiger partial charge in [0.25, 0.3) is 0 Å². The maximum atomic E-state index is 10.3. The molecule has 1 saturated heterocycles. The molecule has 1 aliphatic heterocycles. The van der Waals surface area contributed by atoms with Crippen LogP contribution in [0.2, 0.25) is 0 Å². The molecule has 2 aromatic carbocycles. The first-order valence-electron chi connectivity index (χ1n) is 8.92. The minimum atomic E-state index is -0.333. The number of rotatable bonds is 4. The van der Waals surface area contributed by atoms with Gasteiger partial charge >= 0.3 is 0 Å². The number of ether oxygens (including phenoxy) is 1. The van der Waals surface area contributed by atoms with Crippen molar-refractivity contribution in [2.75, 3.05) is 13.7 Å². The largest absolute Gasteiger partial charge is 0.497 e. The summed E-state index contributed by atoms with van der Waals surface area (Å²) in [5, 5.41) is 10.3. The summed E-state index contributed by atoms with van der Waals surface area (Å²) >= 11 is 0. The molecule has 0 aliphatic carbocycles. The lowest BCUT2D eigenvalue weighted by atomic mass is 10.0. The van der Waals surface area contributed by atoms with E-state index >= 15 is 0 Å². The van der Waals surface area contributed by atoms with E-state index < -0.39 is 0 Å². The molecular weight excluding hydrogens is 326 g/mol. The molecule has 26 heavy (non-hydrogen) atoms. The molecule has 2 atom stereocenters. The number of aliphatic hydroxyl groups excluding tert-OH is 1. The topological polar surface area (TPSA) is 58.5 Å². The lowest BCUT2D eigenvalue weighted by molar-refractivity contribution is 0.172. The van der Waals surface area contributed by atoms with Gasteiger partial charge in [0.1, 0.15) is 5.75 Å². The molecule has 134 valence electrons. The Morgan fingerprint density at radius 1 is 1.12 bits per heavy atom. The van der Waals surface area contributed by atoms with E-state index in [1.54, 1.807) is 7.11 Å². The molecule has 0 saturated carbocycles. The monoisotopic (exact) mass is 349 g/mol. The SMILES string of the molecule is COc1cccc([C@@H]2C[C@@H](O)CN2Cc2nc3ccccc3nc2C)c1. The molecule has 1 aliphatic rings. The van der Waals surface area contributed by atoms with Crippen molar-refractivity contribution in [3.63, 3.8) is 0 Å². The van der Waals surface area contributed by atoms with Crippen molar-refractivity contribution in [3.8, 4) is 5.75 Å². The fourth-order valence-corrected chi connectivity index (χ4v) is 3.72. The van der Waals surface area contributed by atoms with Crippen LogP contribution in [-0.2, 0) is 6.54 Å². The van der Waals surface area contributed by atoms with Crippen LogP contribution in [0.3, 0.4) is 0 Å². The Morgan fingerprint density at radius 3 is 2.65 bits per heavy atom. The van der Waals surface area contributed by atoms with E-state index in [0.717, 1.165) is 33.7 Å². The molecule has 2 heterocycles. The predicted molar refractivity (Wildman–Crippen MR) is 101 cm³/mol. The van der Waals surface area contributed by atoms with Gasteiger partial charge in [0, 0.05) is 19.1 Å². The minimum Gasteiger partial charge on any atom is -0.497 e. The highest BCUT2D eigenvalue weighted by molar-refractivity contribution is 5.74. The number of β-amino-alcohol motifs (C(OH)–C–C–N with tert-alkyl or cyclic N) is 1. The van der Waals surface area contributed by atoms with Gasteiger partial charge in [-0.05, 0) is 43.2 Å². The molecule has 1 fully saturated rings. The van der Waals surface area contributed by atoms with Crippen LogP contribution in [0.5, 0.6) is 5.75 Å². The number of benzene rings is 2. The normalized spacial score (nSPS) is 20.6. The Bertz CT molecular complexity index is 928. The zero-order chi connectivity index (χ0) is 18.1. The molecule has 0 amide bonds. The molecule has 1 aromatic heterocycles. The second-order valence-electron chi connectivity index (χ2n) is 6.86. The Labute approximate surface area is 153 Å². The van der Waals surface area contributed by atoms with Crippen LogP contribution in [-0.4, -0.2) is 39.7 Å². The van der Waals surface area contributed by atoms with Crippen LogP contribution in [0.1, 0.15) is 29.4 Å². The van der Waals surface area contributed by atoms with Crippen molar-refractivity contribution >= 4 is 11.0 Å². The molecule has 0 radical (unpaired) electrons. The van der Waals surface area contributed by atoms with Gasteiger partial charge in [-0.1, -0.05) is 24.3 Å². The van der Waals surface area contributed by atoms with Gasteiger partial charge in [-0.15, -0.1) is 0 Å². The van der Waals surface area contributed by atoms with E-state index in [2.05, 4.69) is 17.0 Å². The van der Waals surface area contributed by atoms with Gasteiger partial charge in [-0.3, -0.25) is 4.90 Å². The summed E-state index contributed by atoms with van der Waals surface area (Å²) in [4.78, 5) is 11.8. The van der Waals surface area contributed by atoms with Crippen molar-refractivity contribution < 1.29 is 9.84 Å². The number of nitrogens with zero attached hydrogens (tertiary/aromatic N) is 3. The van der Waals surface area contributed by atoms with Crippen molar-refractivity contribution in [1.82, 2.24) is 14.9 Å².